The first-order valence-electron chi connectivity index (χ1n) is 5.96. The second-order valence-corrected chi connectivity index (χ2v) is 5.04. The van der Waals surface area contributed by atoms with Gasteiger partial charge in [0.2, 0.25) is 5.13 Å². The van der Waals surface area contributed by atoms with Crippen molar-refractivity contribution in [3.05, 3.63) is 18.2 Å². The van der Waals surface area contributed by atoms with E-state index in [9.17, 15) is 0 Å². The van der Waals surface area contributed by atoms with Crippen molar-refractivity contribution in [2.24, 2.45) is 0 Å². The number of hydrogen-bond acceptors (Lipinski definition) is 6. The highest BCUT2D eigenvalue weighted by atomic mass is 32.1. The highest BCUT2D eigenvalue weighted by Crippen LogP contribution is 2.32. The molecular weight excluding hydrogens is 262 g/mol. The van der Waals surface area contributed by atoms with Crippen molar-refractivity contribution in [1.82, 2.24) is 9.36 Å². The van der Waals surface area contributed by atoms with Crippen molar-refractivity contribution in [2.45, 2.75) is 19.9 Å². The van der Waals surface area contributed by atoms with Gasteiger partial charge >= 0.3 is 0 Å². The SMILES string of the molecule is COc1ccc(-c2nsc(NC(C)C)n2)cc1OC. The molecule has 1 heterocycles. The minimum Gasteiger partial charge on any atom is -0.493 e. The summed E-state index contributed by atoms with van der Waals surface area (Å²) in [6, 6.07) is 5.99. The highest BCUT2D eigenvalue weighted by molar-refractivity contribution is 7.09. The maximum absolute atomic E-state index is 5.28. The van der Waals surface area contributed by atoms with Gasteiger partial charge in [0.1, 0.15) is 0 Å². The van der Waals surface area contributed by atoms with Crippen molar-refractivity contribution in [3.63, 3.8) is 0 Å². The van der Waals surface area contributed by atoms with E-state index in [1.54, 1.807) is 14.2 Å². The molecule has 102 valence electrons. The lowest BCUT2D eigenvalue weighted by atomic mass is 10.2. The minimum absolute atomic E-state index is 0.339. The Labute approximate surface area is 116 Å². The zero-order chi connectivity index (χ0) is 13.8. The largest absolute Gasteiger partial charge is 0.493 e. The molecule has 2 aromatic rings. The smallest absolute Gasteiger partial charge is 0.203 e. The number of nitrogens with one attached hydrogen (secondary N) is 1. The molecule has 0 unspecified atom stereocenters. The maximum Gasteiger partial charge on any atom is 0.203 e. The molecular formula is C13H17N3O2S. The van der Waals surface area contributed by atoms with Crippen LogP contribution >= 0.6 is 11.5 Å². The van der Waals surface area contributed by atoms with Crippen LogP contribution in [0.15, 0.2) is 18.2 Å². The average molecular weight is 279 g/mol. The third-order valence-electron chi connectivity index (χ3n) is 2.48. The summed E-state index contributed by atoms with van der Waals surface area (Å²) in [6.45, 7) is 4.13. The van der Waals surface area contributed by atoms with Crippen LogP contribution in [0.5, 0.6) is 11.5 Å². The monoisotopic (exact) mass is 279 g/mol. The molecule has 19 heavy (non-hydrogen) atoms. The lowest BCUT2D eigenvalue weighted by molar-refractivity contribution is 0.355. The van der Waals surface area contributed by atoms with Gasteiger partial charge in [-0.2, -0.15) is 9.36 Å². The van der Waals surface area contributed by atoms with Gasteiger partial charge in [0.25, 0.3) is 0 Å². The van der Waals surface area contributed by atoms with E-state index in [2.05, 4.69) is 28.5 Å². The number of rotatable bonds is 5. The Bertz CT molecular complexity index is 555. The standard InChI is InChI=1S/C13H17N3O2S/c1-8(2)14-13-15-12(16-19-13)9-5-6-10(17-3)11(7-9)18-4/h5-8H,1-4H3,(H,14,15,16). The molecule has 0 fully saturated rings. The lowest BCUT2D eigenvalue weighted by Crippen LogP contribution is -2.08. The number of methoxy groups -OCH3 is 2. The molecule has 0 amide bonds. The molecule has 0 radical (unpaired) electrons. The van der Waals surface area contributed by atoms with Crippen molar-refractivity contribution in [1.29, 1.82) is 0 Å². The summed E-state index contributed by atoms with van der Waals surface area (Å²) in [4.78, 5) is 4.45. The Morgan fingerprint density at radius 1 is 1.16 bits per heavy atom. The second kappa shape index (κ2) is 5.88. The normalized spacial score (nSPS) is 10.6. The highest BCUT2D eigenvalue weighted by Gasteiger charge is 2.11. The van der Waals surface area contributed by atoms with E-state index in [1.807, 2.05) is 18.2 Å². The first kappa shape index (κ1) is 13.6. The van der Waals surface area contributed by atoms with E-state index >= 15 is 0 Å². The summed E-state index contributed by atoms with van der Waals surface area (Å²) in [5.74, 6) is 2.06. The zero-order valence-corrected chi connectivity index (χ0v) is 12.2. The van der Waals surface area contributed by atoms with Gasteiger partial charge in [-0.1, -0.05) is 0 Å². The Balaban J connectivity index is 2.28. The molecule has 0 saturated carbocycles. The van der Waals surface area contributed by atoms with Gasteiger partial charge in [0.05, 0.1) is 14.2 Å². The molecule has 1 N–H and O–H groups in total. The van der Waals surface area contributed by atoms with E-state index in [-0.39, 0.29) is 0 Å². The van der Waals surface area contributed by atoms with Gasteiger partial charge in [0.15, 0.2) is 17.3 Å². The van der Waals surface area contributed by atoms with Crippen LogP contribution in [0, 0.1) is 0 Å². The lowest BCUT2D eigenvalue weighted by Gasteiger charge is -2.08. The van der Waals surface area contributed by atoms with Gasteiger partial charge in [-0.3, -0.25) is 0 Å². The molecule has 2 rings (SSSR count). The van der Waals surface area contributed by atoms with Gasteiger partial charge in [0, 0.05) is 23.1 Å². The summed E-state index contributed by atoms with van der Waals surface area (Å²) < 4.78 is 14.8. The Morgan fingerprint density at radius 2 is 1.89 bits per heavy atom. The Hall–Kier alpha value is -1.82. The predicted octanol–water partition coefficient (Wildman–Crippen LogP) is 3.04. The molecule has 1 aromatic carbocycles. The molecule has 0 bridgehead atoms. The van der Waals surface area contributed by atoms with Crippen molar-refractivity contribution in [3.8, 4) is 22.9 Å². The summed E-state index contributed by atoms with van der Waals surface area (Å²) in [6.07, 6.45) is 0. The molecule has 0 saturated heterocycles. The number of anilines is 1. The number of hydrogen-bond donors (Lipinski definition) is 1. The summed E-state index contributed by atoms with van der Waals surface area (Å²) >= 11 is 1.35. The summed E-state index contributed by atoms with van der Waals surface area (Å²) in [5, 5.41) is 4.05. The van der Waals surface area contributed by atoms with Crippen LogP contribution in [0.2, 0.25) is 0 Å². The maximum atomic E-state index is 5.28. The average Bonchev–Trinajstić information content (AvgIpc) is 2.85. The summed E-state index contributed by atoms with van der Waals surface area (Å²) in [7, 11) is 3.23. The molecule has 0 spiro atoms. The van der Waals surface area contributed by atoms with Crippen LogP contribution in [0.4, 0.5) is 5.13 Å². The number of benzene rings is 1. The Morgan fingerprint density at radius 3 is 2.53 bits per heavy atom. The van der Waals surface area contributed by atoms with E-state index in [1.165, 1.54) is 11.5 Å². The molecule has 0 aliphatic heterocycles. The molecule has 1 aromatic heterocycles. The van der Waals surface area contributed by atoms with E-state index in [0.717, 1.165) is 10.7 Å². The molecule has 0 aliphatic carbocycles. The van der Waals surface area contributed by atoms with Crippen LogP contribution in [-0.4, -0.2) is 29.6 Å². The second-order valence-electron chi connectivity index (χ2n) is 4.29. The van der Waals surface area contributed by atoms with Crippen LogP contribution in [-0.2, 0) is 0 Å². The first-order valence-corrected chi connectivity index (χ1v) is 6.74. The third-order valence-corrected chi connectivity index (χ3v) is 3.13. The quantitative estimate of drug-likeness (QED) is 0.911. The minimum atomic E-state index is 0.339. The molecule has 0 aliphatic rings. The Kier molecular flexibility index (Phi) is 4.21. The van der Waals surface area contributed by atoms with Crippen molar-refractivity contribution in [2.75, 3.05) is 19.5 Å². The van der Waals surface area contributed by atoms with Crippen molar-refractivity contribution >= 4 is 16.7 Å². The van der Waals surface area contributed by atoms with Crippen LogP contribution in [0.25, 0.3) is 11.4 Å². The van der Waals surface area contributed by atoms with Crippen molar-refractivity contribution < 1.29 is 9.47 Å². The fraction of sp³-hybridized carbons (Fsp3) is 0.385. The number of ether oxygens (including phenoxy) is 2. The zero-order valence-electron chi connectivity index (χ0n) is 11.4. The van der Waals surface area contributed by atoms with Gasteiger partial charge in [-0.15, -0.1) is 0 Å². The molecule has 5 nitrogen and oxygen atoms in total. The van der Waals surface area contributed by atoms with Crippen LogP contribution in [0.3, 0.4) is 0 Å². The van der Waals surface area contributed by atoms with Crippen LogP contribution in [0.1, 0.15) is 13.8 Å². The number of nitrogens with zero attached hydrogens (tertiary/aromatic N) is 2. The van der Waals surface area contributed by atoms with E-state index in [0.29, 0.717) is 23.4 Å². The van der Waals surface area contributed by atoms with Gasteiger partial charge < -0.3 is 14.8 Å². The predicted molar refractivity (Wildman–Crippen MR) is 77.2 cm³/mol. The first-order chi connectivity index (χ1) is 9.13. The van der Waals surface area contributed by atoms with E-state index < -0.39 is 0 Å². The van der Waals surface area contributed by atoms with Crippen LogP contribution < -0.4 is 14.8 Å². The molecule has 6 heteroatoms. The fourth-order valence-corrected chi connectivity index (χ4v) is 2.36. The molecule has 0 atom stereocenters. The summed E-state index contributed by atoms with van der Waals surface area (Å²) in [5.41, 5.74) is 0.908. The van der Waals surface area contributed by atoms with Gasteiger partial charge in [-0.25, -0.2) is 0 Å². The van der Waals surface area contributed by atoms with Gasteiger partial charge in [-0.05, 0) is 32.0 Å². The van der Waals surface area contributed by atoms with E-state index in [4.69, 9.17) is 9.47 Å². The fourth-order valence-electron chi connectivity index (χ4n) is 1.62. The topological polar surface area (TPSA) is 56.3 Å². The number of aromatic nitrogens is 2. The third kappa shape index (κ3) is 3.14.